The number of amides is 1. The van der Waals surface area contributed by atoms with Crippen molar-refractivity contribution in [3.63, 3.8) is 0 Å². The highest BCUT2D eigenvalue weighted by Gasteiger charge is 2.43. The first-order chi connectivity index (χ1) is 6.82. The van der Waals surface area contributed by atoms with Crippen LogP contribution in [0.4, 0.5) is 13.2 Å². The zero-order valence-electron chi connectivity index (χ0n) is 8.16. The molecule has 0 aliphatic carbocycles. The SMILES string of the molecule is Cl.O=C(O)C1CCN(C(=O)C(F)(F)F)CC1. The van der Waals surface area contributed by atoms with Gasteiger partial charge in [0.2, 0.25) is 0 Å². The van der Waals surface area contributed by atoms with E-state index in [0.29, 0.717) is 4.90 Å². The summed E-state index contributed by atoms with van der Waals surface area (Å²) < 4.78 is 35.9. The monoisotopic (exact) mass is 261 g/mol. The molecule has 1 heterocycles. The van der Waals surface area contributed by atoms with Gasteiger partial charge in [-0.1, -0.05) is 0 Å². The maximum Gasteiger partial charge on any atom is 0.471 e. The number of alkyl halides is 3. The summed E-state index contributed by atoms with van der Waals surface area (Å²) in [7, 11) is 0. The van der Waals surface area contributed by atoms with E-state index < -0.39 is 24.0 Å². The molecule has 1 amide bonds. The van der Waals surface area contributed by atoms with Gasteiger partial charge in [-0.2, -0.15) is 13.2 Å². The van der Waals surface area contributed by atoms with E-state index >= 15 is 0 Å². The molecule has 16 heavy (non-hydrogen) atoms. The van der Waals surface area contributed by atoms with Gasteiger partial charge in [0, 0.05) is 13.1 Å². The highest BCUT2D eigenvalue weighted by Crippen LogP contribution is 2.23. The molecule has 0 aromatic rings. The van der Waals surface area contributed by atoms with Crippen molar-refractivity contribution in [2.45, 2.75) is 19.0 Å². The molecular weight excluding hydrogens is 251 g/mol. The Hall–Kier alpha value is -0.980. The van der Waals surface area contributed by atoms with Gasteiger partial charge in [-0.05, 0) is 12.8 Å². The van der Waals surface area contributed by atoms with Crippen molar-refractivity contribution in [2.75, 3.05) is 13.1 Å². The number of piperidine rings is 1. The van der Waals surface area contributed by atoms with E-state index in [4.69, 9.17) is 5.11 Å². The maximum atomic E-state index is 12.0. The zero-order valence-corrected chi connectivity index (χ0v) is 8.98. The molecule has 0 aromatic carbocycles. The minimum absolute atomic E-state index is 0. The first-order valence-electron chi connectivity index (χ1n) is 4.41. The molecule has 0 atom stereocenters. The van der Waals surface area contributed by atoms with E-state index in [0.717, 1.165) is 0 Å². The molecule has 1 saturated heterocycles. The molecular formula is C8H11ClF3NO3. The molecule has 0 spiro atoms. The highest BCUT2D eigenvalue weighted by molar-refractivity contribution is 5.85. The summed E-state index contributed by atoms with van der Waals surface area (Å²) in [6.45, 7) is -0.287. The highest BCUT2D eigenvalue weighted by atomic mass is 35.5. The lowest BCUT2D eigenvalue weighted by Gasteiger charge is -2.30. The number of carboxylic acid groups (broad SMARTS) is 1. The summed E-state index contributed by atoms with van der Waals surface area (Å²) in [6, 6.07) is 0. The predicted octanol–water partition coefficient (Wildman–Crippen LogP) is 1.29. The van der Waals surface area contributed by atoms with Crippen LogP contribution in [0.2, 0.25) is 0 Å². The normalized spacial score (nSPS) is 17.8. The van der Waals surface area contributed by atoms with Crippen molar-refractivity contribution in [3.05, 3.63) is 0 Å². The van der Waals surface area contributed by atoms with Crippen molar-refractivity contribution in [1.29, 1.82) is 0 Å². The molecule has 0 saturated carbocycles. The number of nitrogens with zero attached hydrogens (tertiary/aromatic N) is 1. The molecule has 8 heteroatoms. The van der Waals surface area contributed by atoms with E-state index in [1.165, 1.54) is 0 Å². The molecule has 0 bridgehead atoms. The quantitative estimate of drug-likeness (QED) is 0.774. The number of likely N-dealkylation sites (tertiary alicyclic amines) is 1. The Kier molecular flexibility index (Phi) is 5.05. The molecule has 1 rings (SSSR count). The number of carbonyl (C=O) groups excluding carboxylic acids is 1. The number of rotatable bonds is 1. The van der Waals surface area contributed by atoms with Gasteiger partial charge in [-0.15, -0.1) is 12.4 Å². The molecule has 0 unspecified atom stereocenters. The number of aliphatic carboxylic acids is 1. The Balaban J connectivity index is 0.00000225. The summed E-state index contributed by atoms with van der Waals surface area (Å²) in [5.41, 5.74) is 0. The Bertz CT molecular complexity index is 274. The summed E-state index contributed by atoms with van der Waals surface area (Å²) in [6.07, 6.45) is -4.70. The van der Waals surface area contributed by atoms with E-state index in [-0.39, 0.29) is 38.3 Å². The topological polar surface area (TPSA) is 57.6 Å². The lowest BCUT2D eigenvalue weighted by Crippen LogP contribution is -2.46. The number of carboxylic acids is 1. The van der Waals surface area contributed by atoms with Crippen LogP contribution in [0.25, 0.3) is 0 Å². The van der Waals surface area contributed by atoms with Gasteiger partial charge in [-0.3, -0.25) is 9.59 Å². The van der Waals surface area contributed by atoms with Crippen molar-refractivity contribution in [2.24, 2.45) is 5.92 Å². The molecule has 0 radical (unpaired) electrons. The van der Waals surface area contributed by atoms with E-state index in [1.807, 2.05) is 0 Å². The van der Waals surface area contributed by atoms with Crippen molar-refractivity contribution in [3.8, 4) is 0 Å². The van der Waals surface area contributed by atoms with Crippen LogP contribution in [0.3, 0.4) is 0 Å². The minimum Gasteiger partial charge on any atom is -0.481 e. The van der Waals surface area contributed by atoms with Gasteiger partial charge < -0.3 is 10.0 Å². The second-order valence-corrected chi connectivity index (χ2v) is 3.40. The van der Waals surface area contributed by atoms with Gasteiger partial charge in [0.05, 0.1) is 5.92 Å². The fourth-order valence-electron chi connectivity index (χ4n) is 1.51. The summed E-state index contributed by atoms with van der Waals surface area (Å²) >= 11 is 0. The largest absolute Gasteiger partial charge is 0.481 e. The average Bonchev–Trinajstić information content (AvgIpc) is 2.15. The van der Waals surface area contributed by atoms with Crippen LogP contribution in [-0.4, -0.2) is 41.1 Å². The van der Waals surface area contributed by atoms with E-state index in [2.05, 4.69) is 0 Å². The molecule has 1 aliphatic rings. The fourth-order valence-corrected chi connectivity index (χ4v) is 1.51. The number of hydrogen-bond acceptors (Lipinski definition) is 2. The van der Waals surface area contributed by atoms with E-state index in [1.54, 1.807) is 0 Å². The zero-order chi connectivity index (χ0) is 11.6. The second kappa shape index (κ2) is 5.38. The summed E-state index contributed by atoms with van der Waals surface area (Å²) in [5, 5.41) is 8.60. The Morgan fingerprint density at radius 1 is 1.19 bits per heavy atom. The average molecular weight is 262 g/mol. The first-order valence-corrected chi connectivity index (χ1v) is 4.41. The maximum absolute atomic E-state index is 12.0. The Morgan fingerprint density at radius 2 is 1.62 bits per heavy atom. The number of carbonyl (C=O) groups is 2. The van der Waals surface area contributed by atoms with Crippen LogP contribution in [0.1, 0.15) is 12.8 Å². The molecule has 4 nitrogen and oxygen atoms in total. The smallest absolute Gasteiger partial charge is 0.471 e. The van der Waals surface area contributed by atoms with Crippen LogP contribution < -0.4 is 0 Å². The van der Waals surface area contributed by atoms with Crippen LogP contribution >= 0.6 is 12.4 Å². The predicted molar refractivity (Wildman–Crippen MR) is 50.2 cm³/mol. The standard InChI is InChI=1S/C8H10F3NO3.ClH/c9-8(10,11)7(15)12-3-1-5(2-4-12)6(13)14;/h5H,1-4H2,(H,13,14);1H. The lowest BCUT2D eigenvalue weighted by molar-refractivity contribution is -0.187. The molecule has 94 valence electrons. The second-order valence-electron chi connectivity index (χ2n) is 3.40. The summed E-state index contributed by atoms with van der Waals surface area (Å²) in [5.74, 6) is -3.54. The van der Waals surface area contributed by atoms with Crippen molar-refractivity contribution in [1.82, 2.24) is 4.90 Å². The van der Waals surface area contributed by atoms with Gasteiger partial charge in [0.15, 0.2) is 0 Å². The lowest BCUT2D eigenvalue weighted by atomic mass is 9.97. The minimum atomic E-state index is -4.87. The van der Waals surface area contributed by atoms with Crippen LogP contribution in [0.15, 0.2) is 0 Å². The van der Waals surface area contributed by atoms with Crippen LogP contribution in [0.5, 0.6) is 0 Å². The third-order valence-corrected chi connectivity index (χ3v) is 2.37. The van der Waals surface area contributed by atoms with Crippen molar-refractivity contribution >= 4 is 24.3 Å². The van der Waals surface area contributed by atoms with E-state index in [9.17, 15) is 22.8 Å². The molecule has 1 fully saturated rings. The van der Waals surface area contributed by atoms with Gasteiger partial charge in [-0.25, -0.2) is 0 Å². The number of hydrogen-bond donors (Lipinski definition) is 1. The van der Waals surface area contributed by atoms with Crippen LogP contribution in [-0.2, 0) is 9.59 Å². The van der Waals surface area contributed by atoms with Crippen LogP contribution in [0, 0.1) is 5.92 Å². The molecule has 0 aromatic heterocycles. The molecule has 1 aliphatic heterocycles. The third-order valence-electron chi connectivity index (χ3n) is 2.37. The third kappa shape index (κ3) is 3.55. The summed E-state index contributed by atoms with van der Waals surface area (Å²) in [4.78, 5) is 21.9. The Labute approximate surface area is 95.8 Å². The number of halogens is 4. The van der Waals surface area contributed by atoms with Gasteiger partial charge in [0.1, 0.15) is 0 Å². The molecule has 1 N–H and O–H groups in total. The Morgan fingerprint density at radius 3 is 1.94 bits per heavy atom. The van der Waals surface area contributed by atoms with Crippen molar-refractivity contribution < 1.29 is 27.9 Å². The van der Waals surface area contributed by atoms with Gasteiger partial charge in [0.25, 0.3) is 0 Å². The first kappa shape index (κ1) is 15.0. The van der Waals surface area contributed by atoms with Gasteiger partial charge >= 0.3 is 18.1 Å². The fraction of sp³-hybridized carbons (Fsp3) is 0.750.